The number of amides is 1. The van der Waals surface area contributed by atoms with Gasteiger partial charge in [-0.15, -0.1) is 0 Å². The molecule has 160 valence electrons. The summed E-state index contributed by atoms with van der Waals surface area (Å²) in [6.07, 6.45) is 0.796. The molecule has 3 aromatic rings. The number of nitrogens with one attached hydrogen (secondary N) is 1. The third-order valence-electron chi connectivity index (χ3n) is 4.71. The van der Waals surface area contributed by atoms with Gasteiger partial charge in [-0.25, -0.2) is 0 Å². The summed E-state index contributed by atoms with van der Waals surface area (Å²) in [5.74, 6) is 0.796. The van der Waals surface area contributed by atoms with Gasteiger partial charge >= 0.3 is 5.97 Å². The Kier molecular flexibility index (Phi) is 7.65. The number of methoxy groups -OCH3 is 2. The molecule has 0 heterocycles. The Bertz CT molecular complexity index is 1020. The van der Waals surface area contributed by atoms with E-state index >= 15 is 0 Å². The van der Waals surface area contributed by atoms with Gasteiger partial charge in [-0.05, 0) is 53.9 Å². The van der Waals surface area contributed by atoms with Crippen molar-refractivity contribution in [1.82, 2.24) is 0 Å². The fourth-order valence-corrected chi connectivity index (χ4v) is 3.00. The van der Waals surface area contributed by atoms with Crippen LogP contribution in [0.4, 0.5) is 5.69 Å². The second-order valence-electron chi connectivity index (χ2n) is 6.87. The molecule has 3 aromatic carbocycles. The fraction of sp³-hybridized carbons (Fsp3) is 0.200. The maximum Gasteiger partial charge on any atom is 0.306 e. The SMILES string of the molecule is COc1ccc(CCC(=O)OCc2ccc(C(=O)Nc3ccccc3)cc2)cc1OC. The Labute approximate surface area is 181 Å². The summed E-state index contributed by atoms with van der Waals surface area (Å²) in [6.45, 7) is 0.158. The second-order valence-corrected chi connectivity index (χ2v) is 6.87. The van der Waals surface area contributed by atoms with Gasteiger partial charge in [0, 0.05) is 17.7 Å². The zero-order valence-electron chi connectivity index (χ0n) is 17.6. The number of benzene rings is 3. The molecule has 0 saturated carbocycles. The molecule has 0 radical (unpaired) electrons. The summed E-state index contributed by atoms with van der Waals surface area (Å²) in [4.78, 5) is 24.4. The van der Waals surface area contributed by atoms with Crippen LogP contribution in [0.2, 0.25) is 0 Å². The number of esters is 1. The monoisotopic (exact) mass is 419 g/mol. The molecule has 0 aliphatic carbocycles. The number of carbonyl (C=O) groups is 2. The summed E-state index contributed by atoms with van der Waals surface area (Å²) in [7, 11) is 3.16. The van der Waals surface area contributed by atoms with E-state index in [1.807, 2.05) is 48.5 Å². The highest BCUT2D eigenvalue weighted by molar-refractivity contribution is 6.04. The highest BCUT2D eigenvalue weighted by atomic mass is 16.5. The lowest BCUT2D eigenvalue weighted by atomic mass is 10.1. The second kappa shape index (κ2) is 10.8. The lowest BCUT2D eigenvalue weighted by molar-refractivity contribution is -0.144. The first-order valence-electron chi connectivity index (χ1n) is 9.91. The van der Waals surface area contributed by atoms with Gasteiger partial charge in [0.05, 0.1) is 14.2 Å². The van der Waals surface area contributed by atoms with E-state index in [4.69, 9.17) is 14.2 Å². The molecule has 6 nitrogen and oxygen atoms in total. The number of carbonyl (C=O) groups excluding carboxylic acids is 2. The van der Waals surface area contributed by atoms with Crippen LogP contribution in [0.25, 0.3) is 0 Å². The van der Waals surface area contributed by atoms with Gasteiger partial charge in [-0.1, -0.05) is 36.4 Å². The van der Waals surface area contributed by atoms with Crippen LogP contribution in [0, 0.1) is 0 Å². The van der Waals surface area contributed by atoms with E-state index in [0.29, 0.717) is 23.5 Å². The third kappa shape index (κ3) is 6.34. The zero-order chi connectivity index (χ0) is 22.1. The molecular weight excluding hydrogens is 394 g/mol. The van der Waals surface area contributed by atoms with Crippen molar-refractivity contribution in [3.63, 3.8) is 0 Å². The summed E-state index contributed by atoms with van der Waals surface area (Å²) < 4.78 is 15.8. The smallest absolute Gasteiger partial charge is 0.306 e. The number of para-hydroxylation sites is 1. The minimum absolute atomic E-state index is 0.158. The molecule has 1 amide bonds. The summed E-state index contributed by atoms with van der Waals surface area (Å²) >= 11 is 0. The summed E-state index contributed by atoms with van der Waals surface area (Å²) in [6, 6.07) is 21.8. The molecule has 6 heteroatoms. The van der Waals surface area contributed by atoms with E-state index < -0.39 is 0 Å². The van der Waals surface area contributed by atoms with Crippen molar-refractivity contribution in [3.05, 3.63) is 89.5 Å². The van der Waals surface area contributed by atoms with Crippen LogP contribution in [0.1, 0.15) is 27.9 Å². The van der Waals surface area contributed by atoms with Crippen molar-refractivity contribution in [2.45, 2.75) is 19.4 Å². The topological polar surface area (TPSA) is 73.9 Å². The van der Waals surface area contributed by atoms with Gasteiger partial charge in [-0.3, -0.25) is 9.59 Å². The Hall–Kier alpha value is -3.80. The normalized spacial score (nSPS) is 10.3. The maximum atomic E-state index is 12.3. The first kappa shape index (κ1) is 21.9. The number of rotatable bonds is 9. The number of hydrogen-bond acceptors (Lipinski definition) is 5. The van der Waals surface area contributed by atoms with Gasteiger partial charge in [0.15, 0.2) is 11.5 Å². The lowest BCUT2D eigenvalue weighted by Gasteiger charge is -2.10. The third-order valence-corrected chi connectivity index (χ3v) is 4.71. The minimum atomic E-state index is -0.291. The van der Waals surface area contributed by atoms with Gasteiger partial charge in [-0.2, -0.15) is 0 Å². The van der Waals surface area contributed by atoms with Crippen LogP contribution in [-0.4, -0.2) is 26.1 Å². The van der Waals surface area contributed by atoms with Gasteiger partial charge in [0.2, 0.25) is 0 Å². The number of hydrogen-bond donors (Lipinski definition) is 1. The minimum Gasteiger partial charge on any atom is -0.493 e. The molecule has 31 heavy (non-hydrogen) atoms. The predicted molar refractivity (Wildman–Crippen MR) is 119 cm³/mol. The molecule has 0 aliphatic heterocycles. The van der Waals surface area contributed by atoms with Crippen LogP contribution in [0.3, 0.4) is 0 Å². The Morgan fingerprint density at radius 3 is 2.16 bits per heavy atom. The molecule has 0 bridgehead atoms. The molecule has 1 N–H and O–H groups in total. The molecule has 0 unspecified atom stereocenters. The predicted octanol–water partition coefficient (Wildman–Crippen LogP) is 4.63. The average molecular weight is 419 g/mol. The lowest BCUT2D eigenvalue weighted by Crippen LogP contribution is -2.12. The van der Waals surface area contributed by atoms with E-state index in [2.05, 4.69) is 5.32 Å². The van der Waals surface area contributed by atoms with Crippen molar-refractivity contribution in [2.24, 2.45) is 0 Å². The zero-order valence-corrected chi connectivity index (χ0v) is 17.6. The van der Waals surface area contributed by atoms with Crippen LogP contribution in [0.5, 0.6) is 11.5 Å². The molecule has 3 rings (SSSR count). The molecule has 0 aromatic heterocycles. The first-order valence-corrected chi connectivity index (χ1v) is 9.91. The van der Waals surface area contributed by atoms with E-state index in [-0.39, 0.29) is 24.9 Å². The van der Waals surface area contributed by atoms with E-state index in [9.17, 15) is 9.59 Å². The quantitative estimate of drug-likeness (QED) is 0.512. The molecule has 0 atom stereocenters. The van der Waals surface area contributed by atoms with E-state index in [1.54, 1.807) is 38.5 Å². The van der Waals surface area contributed by atoms with Crippen molar-refractivity contribution in [3.8, 4) is 11.5 Å². The largest absolute Gasteiger partial charge is 0.493 e. The van der Waals surface area contributed by atoms with E-state index in [1.165, 1.54) is 0 Å². The van der Waals surface area contributed by atoms with Gasteiger partial charge in [0.25, 0.3) is 5.91 Å². The first-order chi connectivity index (χ1) is 15.1. The number of anilines is 1. The van der Waals surface area contributed by atoms with E-state index in [0.717, 1.165) is 16.8 Å². The van der Waals surface area contributed by atoms with Crippen LogP contribution < -0.4 is 14.8 Å². The molecule has 0 spiro atoms. The highest BCUT2D eigenvalue weighted by Gasteiger charge is 2.09. The Balaban J connectivity index is 1.46. The van der Waals surface area contributed by atoms with Gasteiger partial charge in [0.1, 0.15) is 6.61 Å². The highest BCUT2D eigenvalue weighted by Crippen LogP contribution is 2.28. The molecule has 0 aliphatic rings. The average Bonchev–Trinajstić information content (AvgIpc) is 2.82. The Morgan fingerprint density at radius 1 is 0.806 bits per heavy atom. The Morgan fingerprint density at radius 2 is 1.48 bits per heavy atom. The number of ether oxygens (including phenoxy) is 3. The number of aryl methyl sites for hydroxylation is 1. The molecular formula is C25H25NO5. The standard InChI is InChI=1S/C25H25NO5/c1-29-22-14-10-18(16-23(22)30-2)11-15-24(27)31-17-19-8-12-20(13-9-19)25(28)26-21-6-4-3-5-7-21/h3-10,12-14,16H,11,15,17H2,1-2H3,(H,26,28). The van der Waals surface area contributed by atoms with Crippen molar-refractivity contribution < 1.29 is 23.8 Å². The summed E-state index contributed by atoms with van der Waals surface area (Å²) in [5, 5.41) is 2.83. The van der Waals surface area contributed by atoms with Crippen LogP contribution >= 0.6 is 0 Å². The molecule has 0 saturated heterocycles. The van der Waals surface area contributed by atoms with Crippen molar-refractivity contribution in [2.75, 3.05) is 19.5 Å². The van der Waals surface area contributed by atoms with Crippen molar-refractivity contribution >= 4 is 17.6 Å². The molecule has 0 fully saturated rings. The summed E-state index contributed by atoms with van der Waals surface area (Å²) in [5.41, 5.74) is 3.05. The van der Waals surface area contributed by atoms with Crippen molar-refractivity contribution in [1.29, 1.82) is 0 Å². The van der Waals surface area contributed by atoms with Crippen LogP contribution in [-0.2, 0) is 22.6 Å². The van der Waals surface area contributed by atoms with Gasteiger partial charge < -0.3 is 19.5 Å². The fourth-order valence-electron chi connectivity index (χ4n) is 3.00. The van der Waals surface area contributed by atoms with Crippen LogP contribution in [0.15, 0.2) is 72.8 Å². The maximum absolute atomic E-state index is 12.3.